The minimum absolute atomic E-state index is 0. The normalized spacial score (nSPS) is 16.7. The molecule has 142 valence electrons. The van der Waals surface area contributed by atoms with Gasteiger partial charge in [0.05, 0.1) is 19.3 Å². The first-order valence-corrected chi connectivity index (χ1v) is 8.99. The summed E-state index contributed by atoms with van der Waals surface area (Å²) in [5, 5.41) is 15.9. The predicted molar refractivity (Wildman–Crippen MR) is 114 cm³/mol. The monoisotopic (exact) mass is 461 g/mol. The second-order valence-corrected chi connectivity index (χ2v) is 6.56. The van der Waals surface area contributed by atoms with E-state index in [4.69, 9.17) is 4.74 Å². The summed E-state index contributed by atoms with van der Waals surface area (Å²) < 4.78 is 5.88. The van der Waals surface area contributed by atoms with Crippen molar-refractivity contribution in [2.24, 2.45) is 10.4 Å². The Bertz CT molecular complexity index is 507. The van der Waals surface area contributed by atoms with E-state index < -0.39 is 0 Å². The molecule has 0 aliphatic heterocycles. The van der Waals surface area contributed by atoms with Crippen molar-refractivity contribution in [3.8, 4) is 0 Å². The molecule has 1 saturated carbocycles. The van der Waals surface area contributed by atoms with Crippen molar-refractivity contribution < 1.29 is 9.84 Å². The third-order valence-corrected chi connectivity index (χ3v) is 4.46. The van der Waals surface area contributed by atoms with Crippen LogP contribution in [0.1, 0.15) is 44.8 Å². The van der Waals surface area contributed by atoms with Gasteiger partial charge < -0.3 is 20.5 Å². The van der Waals surface area contributed by atoms with Gasteiger partial charge in [-0.2, -0.15) is 0 Å². The van der Waals surface area contributed by atoms with Crippen LogP contribution < -0.4 is 10.6 Å². The van der Waals surface area contributed by atoms with Gasteiger partial charge >= 0.3 is 0 Å². The van der Waals surface area contributed by atoms with Crippen molar-refractivity contribution in [1.29, 1.82) is 0 Å². The van der Waals surface area contributed by atoms with E-state index in [9.17, 15) is 5.11 Å². The molecule has 2 rings (SSSR count). The number of hydrogen-bond acceptors (Lipinski definition) is 3. The van der Waals surface area contributed by atoms with E-state index in [1.54, 1.807) is 0 Å². The van der Waals surface area contributed by atoms with E-state index in [1.807, 2.05) is 18.2 Å². The number of halogens is 1. The summed E-state index contributed by atoms with van der Waals surface area (Å²) >= 11 is 0. The number of aliphatic hydroxyl groups is 1. The molecule has 3 N–H and O–H groups in total. The van der Waals surface area contributed by atoms with Crippen LogP contribution in [0.5, 0.6) is 0 Å². The summed E-state index contributed by atoms with van der Waals surface area (Å²) in [6.07, 6.45) is 3.20. The molecular weight excluding hydrogens is 429 g/mol. The number of ether oxygens (including phenoxy) is 1. The molecule has 0 saturated heterocycles. The molecule has 6 heteroatoms. The Morgan fingerprint density at radius 1 is 1.28 bits per heavy atom. The molecule has 0 amide bonds. The van der Waals surface area contributed by atoms with Crippen LogP contribution in [0.3, 0.4) is 0 Å². The Balaban J connectivity index is 0.00000312. The summed E-state index contributed by atoms with van der Waals surface area (Å²) in [4.78, 5) is 4.59. The molecule has 1 atom stereocenters. The number of nitrogens with one attached hydrogen (secondary N) is 2. The van der Waals surface area contributed by atoms with E-state index in [2.05, 4.69) is 41.6 Å². The van der Waals surface area contributed by atoms with Crippen LogP contribution in [-0.4, -0.2) is 43.9 Å². The molecule has 1 fully saturated rings. The molecule has 25 heavy (non-hydrogen) atoms. The number of rotatable bonds is 10. The molecule has 0 spiro atoms. The molecule has 5 nitrogen and oxygen atoms in total. The van der Waals surface area contributed by atoms with Crippen molar-refractivity contribution in [2.75, 3.05) is 32.8 Å². The van der Waals surface area contributed by atoms with Crippen LogP contribution in [0, 0.1) is 5.41 Å². The zero-order chi connectivity index (χ0) is 17.3. The van der Waals surface area contributed by atoms with E-state index in [1.165, 1.54) is 5.56 Å². The Morgan fingerprint density at radius 3 is 2.60 bits per heavy atom. The third-order valence-electron chi connectivity index (χ3n) is 4.46. The first kappa shape index (κ1) is 22.2. The van der Waals surface area contributed by atoms with Gasteiger partial charge in [-0.25, -0.2) is 0 Å². The lowest BCUT2D eigenvalue weighted by Crippen LogP contribution is -2.38. The van der Waals surface area contributed by atoms with Crippen molar-refractivity contribution in [2.45, 2.75) is 39.2 Å². The lowest BCUT2D eigenvalue weighted by molar-refractivity contribution is 0.0646. The number of benzene rings is 1. The molecule has 1 aliphatic carbocycles. The number of aliphatic hydroxyl groups excluding tert-OH is 1. The van der Waals surface area contributed by atoms with E-state index >= 15 is 0 Å². The van der Waals surface area contributed by atoms with Crippen LogP contribution in [0.4, 0.5) is 0 Å². The van der Waals surface area contributed by atoms with Crippen molar-refractivity contribution >= 4 is 29.9 Å². The SMILES string of the molecule is CCNC(=NCC1(CO)CC1)NCCCOC(C)c1ccccc1.I. The fraction of sp³-hybridized carbons (Fsp3) is 0.632. The Kier molecular flexibility index (Phi) is 10.4. The van der Waals surface area contributed by atoms with Crippen molar-refractivity contribution in [1.82, 2.24) is 10.6 Å². The van der Waals surface area contributed by atoms with Gasteiger partial charge in [-0.15, -0.1) is 24.0 Å². The highest BCUT2D eigenvalue weighted by molar-refractivity contribution is 14.0. The first-order valence-electron chi connectivity index (χ1n) is 8.99. The summed E-state index contributed by atoms with van der Waals surface area (Å²) in [6, 6.07) is 10.3. The Hall–Kier alpha value is -0.860. The van der Waals surface area contributed by atoms with Gasteiger partial charge in [0.2, 0.25) is 0 Å². The van der Waals surface area contributed by atoms with Crippen LogP contribution >= 0.6 is 24.0 Å². The molecule has 1 unspecified atom stereocenters. The van der Waals surface area contributed by atoms with Crippen LogP contribution in [0.2, 0.25) is 0 Å². The predicted octanol–water partition coefficient (Wildman–Crippen LogP) is 3.10. The minimum atomic E-state index is 0. The van der Waals surface area contributed by atoms with Gasteiger partial charge in [0.25, 0.3) is 0 Å². The standard InChI is InChI=1S/C19H31N3O2.HI/c1-3-20-18(22-14-19(15-23)10-11-19)21-12-7-13-24-16(2)17-8-5-4-6-9-17;/h4-6,8-9,16,23H,3,7,10-15H2,1-2H3,(H2,20,21,22);1H. The summed E-state index contributed by atoms with van der Waals surface area (Å²) in [7, 11) is 0. The van der Waals surface area contributed by atoms with Crippen LogP contribution in [0.15, 0.2) is 35.3 Å². The number of hydrogen-bond donors (Lipinski definition) is 3. The zero-order valence-electron chi connectivity index (χ0n) is 15.3. The smallest absolute Gasteiger partial charge is 0.191 e. The number of guanidine groups is 1. The highest BCUT2D eigenvalue weighted by Crippen LogP contribution is 2.45. The topological polar surface area (TPSA) is 65.9 Å². The van der Waals surface area contributed by atoms with Gasteiger partial charge in [-0.3, -0.25) is 4.99 Å². The fourth-order valence-corrected chi connectivity index (χ4v) is 2.49. The van der Waals surface area contributed by atoms with Gasteiger partial charge in [0.1, 0.15) is 0 Å². The molecule has 0 radical (unpaired) electrons. The average Bonchev–Trinajstić information content (AvgIpc) is 3.40. The largest absolute Gasteiger partial charge is 0.396 e. The first-order chi connectivity index (χ1) is 11.7. The lowest BCUT2D eigenvalue weighted by atomic mass is 10.1. The van der Waals surface area contributed by atoms with E-state index in [-0.39, 0.29) is 42.1 Å². The zero-order valence-corrected chi connectivity index (χ0v) is 17.7. The number of nitrogens with zero attached hydrogens (tertiary/aromatic N) is 1. The summed E-state index contributed by atoms with van der Waals surface area (Å²) in [6.45, 7) is 7.43. The Morgan fingerprint density at radius 2 is 2.00 bits per heavy atom. The summed E-state index contributed by atoms with van der Waals surface area (Å²) in [5.74, 6) is 0.827. The van der Waals surface area contributed by atoms with Gasteiger partial charge in [0, 0.05) is 25.1 Å². The molecule has 0 heterocycles. The second kappa shape index (κ2) is 11.7. The average molecular weight is 461 g/mol. The molecule has 1 aliphatic rings. The van der Waals surface area contributed by atoms with Crippen molar-refractivity contribution in [3.63, 3.8) is 0 Å². The quantitative estimate of drug-likeness (QED) is 0.217. The van der Waals surface area contributed by atoms with Gasteiger partial charge in [-0.05, 0) is 38.7 Å². The maximum absolute atomic E-state index is 9.36. The summed E-state index contributed by atoms with van der Waals surface area (Å²) in [5.41, 5.74) is 1.26. The molecule has 0 aromatic heterocycles. The van der Waals surface area contributed by atoms with Gasteiger partial charge in [-0.1, -0.05) is 30.3 Å². The molecule has 0 bridgehead atoms. The van der Waals surface area contributed by atoms with Crippen LogP contribution in [0.25, 0.3) is 0 Å². The lowest BCUT2D eigenvalue weighted by Gasteiger charge is -2.15. The van der Waals surface area contributed by atoms with Gasteiger partial charge in [0.15, 0.2) is 5.96 Å². The molecule has 1 aromatic rings. The van der Waals surface area contributed by atoms with Crippen molar-refractivity contribution in [3.05, 3.63) is 35.9 Å². The van der Waals surface area contributed by atoms with E-state index in [0.29, 0.717) is 13.2 Å². The highest BCUT2D eigenvalue weighted by atomic mass is 127. The third kappa shape index (κ3) is 7.92. The second-order valence-electron chi connectivity index (χ2n) is 6.56. The van der Waals surface area contributed by atoms with E-state index in [0.717, 1.165) is 38.3 Å². The van der Waals surface area contributed by atoms with Crippen LogP contribution in [-0.2, 0) is 4.74 Å². The minimum Gasteiger partial charge on any atom is -0.396 e. The Labute approximate surface area is 168 Å². The number of aliphatic imine (C=N–C) groups is 1. The maximum Gasteiger partial charge on any atom is 0.191 e. The fourth-order valence-electron chi connectivity index (χ4n) is 2.49. The molecular formula is C19H32IN3O2. The highest BCUT2D eigenvalue weighted by Gasteiger charge is 2.41. The molecule has 1 aromatic carbocycles. The maximum atomic E-state index is 9.36.